The molecule has 0 radical (unpaired) electrons. The summed E-state index contributed by atoms with van der Waals surface area (Å²) in [6.45, 7) is 3.62. The Morgan fingerprint density at radius 2 is 2.05 bits per heavy atom. The standard InChI is InChI=1S/C16H13ClN2O3/c1-9-10(2)22-15(18-9)8-21-16(20)12-7-14(17)19-13-6-4-3-5-11(12)13/h3-7H,8H2,1-2H3. The van der Waals surface area contributed by atoms with E-state index in [9.17, 15) is 4.79 Å². The van der Waals surface area contributed by atoms with Crippen LogP contribution in [0.25, 0.3) is 10.9 Å². The molecule has 0 aliphatic carbocycles. The lowest BCUT2D eigenvalue weighted by molar-refractivity contribution is 0.0439. The fraction of sp³-hybridized carbons (Fsp3) is 0.188. The maximum Gasteiger partial charge on any atom is 0.339 e. The van der Waals surface area contributed by atoms with E-state index in [1.165, 1.54) is 6.07 Å². The second-order valence-corrected chi connectivity index (χ2v) is 5.22. The van der Waals surface area contributed by atoms with Crippen LogP contribution in [0.1, 0.15) is 27.7 Å². The SMILES string of the molecule is Cc1nc(COC(=O)c2cc(Cl)nc3ccccc23)oc1C. The lowest BCUT2D eigenvalue weighted by atomic mass is 10.1. The van der Waals surface area contributed by atoms with Gasteiger partial charge in [-0.15, -0.1) is 0 Å². The van der Waals surface area contributed by atoms with Gasteiger partial charge in [0.25, 0.3) is 0 Å². The molecule has 6 heteroatoms. The van der Waals surface area contributed by atoms with Crippen LogP contribution in [0.2, 0.25) is 5.15 Å². The highest BCUT2D eigenvalue weighted by atomic mass is 35.5. The Kier molecular flexibility index (Phi) is 3.81. The summed E-state index contributed by atoms with van der Waals surface area (Å²) < 4.78 is 10.6. The van der Waals surface area contributed by atoms with E-state index in [0.717, 1.165) is 5.69 Å². The molecule has 3 rings (SSSR count). The van der Waals surface area contributed by atoms with Crippen molar-refractivity contribution >= 4 is 28.5 Å². The van der Waals surface area contributed by atoms with Crippen molar-refractivity contribution in [2.45, 2.75) is 20.5 Å². The molecule has 3 aromatic rings. The first kappa shape index (κ1) is 14.5. The van der Waals surface area contributed by atoms with Crippen LogP contribution in [0.5, 0.6) is 0 Å². The summed E-state index contributed by atoms with van der Waals surface area (Å²) in [5, 5.41) is 0.935. The van der Waals surface area contributed by atoms with Gasteiger partial charge >= 0.3 is 5.97 Å². The first-order chi connectivity index (χ1) is 10.5. The highest BCUT2D eigenvalue weighted by Gasteiger charge is 2.15. The summed E-state index contributed by atoms with van der Waals surface area (Å²) >= 11 is 5.96. The molecule has 0 fully saturated rings. The number of carbonyl (C=O) groups is 1. The van der Waals surface area contributed by atoms with Gasteiger partial charge in [-0.2, -0.15) is 0 Å². The van der Waals surface area contributed by atoms with Crippen molar-refractivity contribution < 1.29 is 13.9 Å². The first-order valence-corrected chi connectivity index (χ1v) is 7.07. The van der Waals surface area contributed by atoms with Crippen LogP contribution < -0.4 is 0 Å². The molecule has 0 spiro atoms. The van der Waals surface area contributed by atoms with Crippen molar-refractivity contribution in [3.05, 3.63) is 58.4 Å². The van der Waals surface area contributed by atoms with E-state index in [2.05, 4.69) is 9.97 Å². The summed E-state index contributed by atoms with van der Waals surface area (Å²) in [6.07, 6.45) is 0. The quantitative estimate of drug-likeness (QED) is 0.542. The number of esters is 1. The fourth-order valence-electron chi connectivity index (χ4n) is 2.12. The van der Waals surface area contributed by atoms with Crippen LogP contribution in [0, 0.1) is 13.8 Å². The third kappa shape index (κ3) is 2.80. The monoisotopic (exact) mass is 316 g/mol. The van der Waals surface area contributed by atoms with Crippen LogP contribution in [-0.4, -0.2) is 15.9 Å². The highest BCUT2D eigenvalue weighted by Crippen LogP contribution is 2.22. The number of para-hydroxylation sites is 1. The van der Waals surface area contributed by atoms with Gasteiger partial charge in [-0.05, 0) is 26.0 Å². The van der Waals surface area contributed by atoms with Crippen molar-refractivity contribution in [2.24, 2.45) is 0 Å². The predicted octanol–water partition coefficient (Wildman–Crippen LogP) is 3.85. The van der Waals surface area contributed by atoms with E-state index in [4.69, 9.17) is 20.8 Å². The first-order valence-electron chi connectivity index (χ1n) is 6.70. The van der Waals surface area contributed by atoms with E-state index in [1.807, 2.05) is 26.0 Å². The topological polar surface area (TPSA) is 65.2 Å². The van der Waals surface area contributed by atoms with Crippen molar-refractivity contribution in [1.29, 1.82) is 0 Å². The molecular weight excluding hydrogens is 304 g/mol. The van der Waals surface area contributed by atoms with Crippen LogP contribution in [0.15, 0.2) is 34.7 Å². The average Bonchev–Trinajstić information content (AvgIpc) is 2.82. The number of ether oxygens (including phenoxy) is 1. The molecule has 0 bridgehead atoms. The molecule has 0 unspecified atom stereocenters. The number of benzene rings is 1. The highest BCUT2D eigenvalue weighted by molar-refractivity contribution is 6.30. The number of oxazole rings is 1. The third-order valence-corrected chi connectivity index (χ3v) is 3.50. The van der Waals surface area contributed by atoms with E-state index >= 15 is 0 Å². The summed E-state index contributed by atoms with van der Waals surface area (Å²) in [5.41, 5.74) is 1.80. The molecule has 0 saturated heterocycles. The average molecular weight is 317 g/mol. The zero-order valence-electron chi connectivity index (χ0n) is 12.1. The van der Waals surface area contributed by atoms with E-state index < -0.39 is 5.97 Å². The number of aromatic nitrogens is 2. The lowest BCUT2D eigenvalue weighted by Gasteiger charge is -2.06. The Hall–Kier alpha value is -2.40. The lowest BCUT2D eigenvalue weighted by Crippen LogP contribution is -2.07. The molecule has 0 aliphatic rings. The Morgan fingerprint density at radius 1 is 1.27 bits per heavy atom. The molecule has 0 aliphatic heterocycles. The second-order valence-electron chi connectivity index (χ2n) is 4.84. The van der Waals surface area contributed by atoms with Gasteiger partial charge in [-0.25, -0.2) is 14.8 Å². The summed E-state index contributed by atoms with van der Waals surface area (Å²) in [4.78, 5) is 20.6. The number of aryl methyl sites for hydroxylation is 2. The molecule has 0 saturated carbocycles. The number of rotatable bonds is 3. The van der Waals surface area contributed by atoms with Crippen LogP contribution >= 0.6 is 11.6 Å². The van der Waals surface area contributed by atoms with E-state index in [0.29, 0.717) is 28.1 Å². The maximum atomic E-state index is 12.3. The van der Waals surface area contributed by atoms with Gasteiger partial charge in [0.05, 0.1) is 16.8 Å². The number of hydrogen-bond acceptors (Lipinski definition) is 5. The molecule has 5 nitrogen and oxygen atoms in total. The van der Waals surface area contributed by atoms with Crippen LogP contribution in [0.4, 0.5) is 0 Å². The molecule has 0 atom stereocenters. The molecule has 0 amide bonds. The number of halogens is 1. The van der Waals surface area contributed by atoms with Gasteiger partial charge < -0.3 is 9.15 Å². The number of hydrogen-bond donors (Lipinski definition) is 0. The van der Waals surface area contributed by atoms with Crippen LogP contribution in [-0.2, 0) is 11.3 Å². The largest absolute Gasteiger partial charge is 0.452 e. The zero-order valence-corrected chi connectivity index (χ0v) is 12.8. The summed E-state index contributed by atoms with van der Waals surface area (Å²) in [7, 11) is 0. The predicted molar refractivity (Wildman–Crippen MR) is 81.8 cm³/mol. The maximum absolute atomic E-state index is 12.3. The van der Waals surface area contributed by atoms with Crippen molar-refractivity contribution in [3.8, 4) is 0 Å². The Bertz CT molecular complexity index is 838. The minimum atomic E-state index is -0.492. The van der Waals surface area contributed by atoms with Crippen molar-refractivity contribution in [3.63, 3.8) is 0 Å². The minimum absolute atomic E-state index is 0.0260. The van der Waals surface area contributed by atoms with Gasteiger partial charge in [-0.3, -0.25) is 0 Å². The number of nitrogens with zero attached hydrogens (tertiary/aromatic N) is 2. The molecule has 2 heterocycles. The number of carbonyl (C=O) groups excluding carboxylic acids is 1. The van der Waals surface area contributed by atoms with E-state index in [-0.39, 0.29) is 11.8 Å². The van der Waals surface area contributed by atoms with Gasteiger partial charge in [-0.1, -0.05) is 29.8 Å². The molecule has 1 aromatic carbocycles. The minimum Gasteiger partial charge on any atom is -0.452 e. The van der Waals surface area contributed by atoms with Gasteiger partial charge in [0.1, 0.15) is 10.9 Å². The van der Waals surface area contributed by atoms with Gasteiger partial charge in [0.2, 0.25) is 5.89 Å². The molecule has 2 aromatic heterocycles. The fourth-order valence-corrected chi connectivity index (χ4v) is 2.32. The van der Waals surface area contributed by atoms with Gasteiger partial charge in [0, 0.05) is 5.39 Å². The smallest absolute Gasteiger partial charge is 0.339 e. The number of pyridine rings is 1. The molecule has 22 heavy (non-hydrogen) atoms. The van der Waals surface area contributed by atoms with Crippen molar-refractivity contribution in [1.82, 2.24) is 9.97 Å². The summed E-state index contributed by atoms with van der Waals surface area (Å²) in [5.74, 6) is 0.588. The normalized spacial score (nSPS) is 10.9. The molecule has 0 N–H and O–H groups in total. The van der Waals surface area contributed by atoms with E-state index in [1.54, 1.807) is 12.1 Å². The molecular formula is C16H13ClN2O3. The van der Waals surface area contributed by atoms with Crippen molar-refractivity contribution in [2.75, 3.05) is 0 Å². The zero-order chi connectivity index (χ0) is 15.7. The Labute approximate surface area is 131 Å². The Balaban J connectivity index is 1.86. The second kappa shape index (κ2) is 5.77. The Morgan fingerprint density at radius 3 is 2.77 bits per heavy atom. The van der Waals surface area contributed by atoms with Crippen LogP contribution in [0.3, 0.4) is 0 Å². The van der Waals surface area contributed by atoms with Gasteiger partial charge in [0.15, 0.2) is 6.61 Å². The third-order valence-electron chi connectivity index (χ3n) is 3.30. The summed E-state index contributed by atoms with van der Waals surface area (Å²) in [6, 6.07) is 8.75. The number of fused-ring (bicyclic) bond motifs is 1. The molecule has 112 valence electrons.